The molecular formula is C15H14F2O2. The SMILES string of the molecule is Oc1ccc(CC(O)Cc2cc(F)cc(F)c2)cc1. The summed E-state index contributed by atoms with van der Waals surface area (Å²) in [6.45, 7) is 0. The van der Waals surface area contributed by atoms with Gasteiger partial charge in [-0.15, -0.1) is 0 Å². The molecule has 2 N–H and O–H groups in total. The van der Waals surface area contributed by atoms with Crippen molar-refractivity contribution in [1.82, 2.24) is 0 Å². The Bertz CT molecular complexity index is 532. The second-order valence-electron chi connectivity index (χ2n) is 4.51. The standard InChI is InChI=1S/C15H14F2O2/c16-12-5-11(6-13(17)9-12)8-15(19)7-10-1-3-14(18)4-2-10/h1-6,9,15,18-19H,7-8H2. The molecule has 4 heteroatoms. The Morgan fingerprint density at radius 3 is 1.95 bits per heavy atom. The summed E-state index contributed by atoms with van der Waals surface area (Å²) in [4.78, 5) is 0. The van der Waals surface area contributed by atoms with E-state index in [1.54, 1.807) is 12.1 Å². The molecule has 100 valence electrons. The van der Waals surface area contributed by atoms with Gasteiger partial charge in [0.1, 0.15) is 17.4 Å². The summed E-state index contributed by atoms with van der Waals surface area (Å²) >= 11 is 0. The van der Waals surface area contributed by atoms with Crippen LogP contribution in [-0.2, 0) is 12.8 Å². The molecule has 0 amide bonds. The second-order valence-corrected chi connectivity index (χ2v) is 4.51. The highest BCUT2D eigenvalue weighted by atomic mass is 19.1. The first kappa shape index (κ1) is 13.5. The van der Waals surface area contributed by atoms with Gasteiger partial charge in [-0.3, -0.25) is 0 Å². The number of benzene rings is 2. The molecule has 0 aliphatic heterocycles. The van der Waals surface area contributed by atoms with E-state index >= 15 is 0 Å². The first-order chi connectivity index (χ1) is 9.02. The van der Waals surface area contributed by atoms with Crippen molar-refractivity contribution >= 4 is 0 Å². The average Bonchev–Trinajstić information content (AvgIpc) is 2.30. The predicted octanol–water partition coefficient (Wildman–Crippen LogP) is 2.82. The number of aliphatic hydroxyl groups excluding tert-OH is 1. The smallest absolute Gasteiger partial charge is 0.126 e. The van der Waals surface area contributed by atoms with Crippen LogP contribution >= 0.6 is 0 Å². The minimum atomic E-state index is -0.731. The molecule has 0 spiro atoms. The fraction of sp³-hybridized carbons (Fsp3) is 0.200. The predicted molar refractivity (Wildman–Crippen MR) is 67.9 cm³/mol. The third-order valence-corrected chi connectivity index (χ3v) is 2.80. The van der Waals surface area contributed by atoms with Gasteiger partial charge in [0.05, 0.1) is 6.10 Å². The molecule has 0 heterocycles. The lowest BCUT2D eigenvalue weighted by Crippen LogP contribution is -2.14. The number of hydrogen-bond donors (Lipinski definition) is 2. The van der Waals surface area contributed by atoms with Gasteiger partial charge in [0.25, 0.3) is 0 Å². The molecule has 0 radical (unpaired) electrons. The van der Waals surface area contributed by atoms with Crippen LogP contribution in [0.4, 0.5) is 8.78 Å². The summed E-state index contributed by atoms with van der Waals surface area (Å²) in [6.07, 6.45) is -0.195. The van der Waals surface area contributed by atoms with Crippen LogP contribution in [0.5, 0.6) is 5.75 Å². The molecule has 2 nitrogen and oxygen atoms in total. The molecule has 0 aliphatic carbocycles. The van der Waals surface area contributed by atoms with Crippen molar-refractivity contribution < 1.29 is 19.0 Å². The molecule has 0 saturated carbocycles. The third-order valence-electron chi connectivity index (χ3n) is 2.80. The molecule has 0 aromatic heterocycles. The molecule has 19 heavy (non-hydrogen) atoms. The van der Waals surface area contributed by atoms with Gasteiger partial charge in [0.15, 0.2) is 0 Å². The average molecular weight is 264 g/mol. The molecule has 1 unspecified atom stereocenters. The van der Waals surface area contributed by atoms with Gasteiger partial charge in [-0.1, -0.05) is 12.1 Å². The number of aromatic hydroxyl groups is 1. The van der Waals surface area contributed by atoms with Gasteiger partial charge < -0.3 is 10.2 Å². The number of phenols is 1. The van der Waals surface area contributed by atoms with E-state index in [0.717, 1.165) is 11.6 Å². The van der Waals surface area contributed by atoms with E-state index in [2.05, 4.69) is 0 Å². The highest BCUT2D eigenvalue weighted by Crippen LogP contribution is 2.15. The maximum atomic E-state index is 13.0. The number of halogens is 2. The molecule has 0 fully saturated rings. The summed E-state index contributed by atoms with van der Waals surface area (Å²) in [5, 5.41) is 19.0. The molecule has 0 aliphatic rings. The normalized spacial score (nSPS) is 12.4. The summed E-state index contributed by atoms with van der Waals surface area (Å²) in [6, 6.07) is 9.69. The first-order valence-electron chi connectivity index (χ1n) is 5.94. The lowest BCUT2D eigenvalue weighted by Gasteiger charge is -2.11. The highest BCUT2D eigenvalue weighted by molar-refractivity contribution is 5.26. The lowest BCUT2D eigenvalue weighted by atomic mass is 10.0. The van der Waals surface area contributed by atoms with Crippen molar-refractivity contribution in [3.63, 3.8) is 0 Å². The summed E-state index contributed by atoms with van der Waals surface area (Å²) in [5.74, 6) is -1.14. The third kappa shape index (κ3) is 4.03. The van der Waals surface area contributed by atoms with Gasteiger partial charge >= 0.3 is 0 Å². The van der Waals surface area contributed by atoms with E-state index in [1.165, 1.54) is 24.3 Å². The summed E-state index contributed by atoms with van der Waals surface area (Å²) < 4.78 is 26.0. The van der Waals surface area contributed by atoms with E-state index in [-0.39, 0.29) is 12.2 Å². The van der Waals surface area contributed by atoms with E-state index < -0.39 is 17.7 Å². The monoisotopic (exact) mass is 264 g/mol. The second kappa shape index (κ2) is 5.80. The topological polar surface area (TPSA) is 40.5 Å². The van der Waals surface area contributed by atoms with Gasteiger partial charge in [-0.2, -0.15) is 0 Å². The van der Waals surface area contributed by atoms with Crippen LogP contribution in [0.1, 0.15) is 11.1 Å². The number of aliphatic hydroxyl groups is 1. The molecule has 0 bridgehead atoms. The van der Waals surface area contributed by atoms with Crippen LogP contribution < -0.4 is 0 Å². The molecule has 2 aromatic rings. The molecule has 1 atom stereocenters. The van der Waals surface area contributed by atoms with Crippen LogP contribution in [0.25, 0.3) is 0 Å². The van der Waals surface area contributed by atoms with Crippen molar-refractivity contribution in [3.05, 3.63) is 65.2 Å². The fourth-order valence-corrected chi connectivity index (χ4v) is 1.98. The van der Waals surface area contributed by atoms with E-state index in [1.807, 2.05) is 0 Å². The first-order valence-corrected chi connectivity index (χ1v) is 5.94. The maximum Gasteiger partial charge on any atom is 0.126 e. The van der Waals surface area contributed by atoms with Gasteiger partial charge in [0, 0.05) is 6.07 Å². The molecular weight excluding hydrogens is 250 g/mol. The zero-order valence-electron chi connectivity index (χ0n) is 10.2. The quantitative estimate of drug-likeness (QED) is 0.891. The number of hydrogen-bond acceptors (Lipinski definition) is 2. The highest BCUT2D eigenvalue weighted by Gasteiger charge is 2.09. The Kier molecular flexibility index (Phi) is 4.12. The van der Waals surface area contributed by atoms with Crippen molar-refractivity contribution in [1.29, 1.82) is 0 Å². The zero-order valence-corrected chi connectivity index (χ0v) is 10.2. The zero-order chi connectivity index (χ0) is 13.8. The van der Waals surface area contributed by atoms with Gasteiger partial charge in [-0.05, 0) is 48.2 Å². The minimum Gasteiger partial charge on any atom is -0.508 e. The Balaban J connectivity index is 2.00. The van der Waals surface area contributed by atoms with E-state index in [9.17, 15) is 13.9 Å². The fourth-order valence-electron chi connectivity index (χ4n) is 1.98. The van der Waals surface area contributed by atoms with Crippen LogP contribution in [0, 0.1) is 11.6 Å². The van der Waals surface area contributed by atoms with Crippen LogP contribution in [0.2, 0.25) is 0 Å². The van der Waals surface area contributed by atoms with Gasteiger partial charge in [0.2, 0.25) is 0 Å². The summed E-state index contributed by atoms with van der Waals surface area (Å²) in [5.41, 5.74) is 1.27. The number of rotatable bonds is 4. The Morgan fingerprint density at radius 1 is 0.842 bits per heavy atom. The maximum absolute atomic E-state index is 13.0. The minimum absolute atomic E-state index is 0.158. The van der Waals surface area contributed by atoms with E-state index in [4.69, 9.17) is 5.11 Å². The Morgan fingerprint density at radius 2 is 1.37 bits per heavy atom. The van der Waals surface area contributed by atoms with Crippen molar-refractivity contribution in [3.8, 4) is 5.75 Å². The molecule has 2 rings (SSSR count). The van der Waals surface area contributed by atoms with Crippen LogP contribution in [0.15, 0.2) is 42.5 Å². The molecule has 0 saturated heterocycles. The number of phenolic OH excluding ortho intramolecular Hbond substituents is 1. The Hall–Kier alpha value is -1.94. The van der Waals surface area contributed by atoms with Gasteiger partial charge in [-0.25, -0.2) is 8.78 Å². The van der Waals surface area contributed by atoms with E-state index in [0.29, 0.717) is 12.0 Å². The van der Waals surface area contributed by atoms with Crippen molar-refractivity contribution in [2.45, 2.75) is 18.9 Å². The van der Waals surface area contributed by atoms with Crippen molar-refractivity contribution in [2.24, 2.45) is 0 Å². The Labute approximate surface area is 110 Å². The lowest BCUT2D eigenvalue weighted by molar-refractivity contribution is 0.175. The largest absolute Gasteiger partial charge is 0.508 e. The van der Waals surface area contributed by atoms with Crippen LogP contribution in [-0.4, -0.2) is 16.3 Å². The van der Waals surface area contributed by atoms with Crippen molar-refractivity contribution in [2.75, 3.05) is 0 Å². The van der Waals surface area contributed by atoms with Crippen LogP contribution in [0.3, 0.4) is 0 Å². The molecule has 2 aromatic carbocycles. The summed E-state index contributed by atoms with van der Waals surface area (Å²) in [7, 11) is 0.